The maximum absolute atomic E-state index is 12.9. The van der Waals surface area contributed by atoms with Crippen molar-refractivity contribution in [3.05, 3.63) is 65.2 Å². The molecule has 3 aromatic rings. The van der Waals surface area contributed by atoms with Crippen molar-refractivity contribution in [2.45, 2.75) is 30.7 Å². The minimum absolute atomic E-state index is 0.551. The third kappa shape index (κ3) is 4.70. The average Bonchev–Trinajstić information content (AvgIpc) is 3.11. The number of alkyl halides is 3. The van der Waals surface area contributed by atoms with E-state index in [1.165, 1.54) is 12.1 Å². The summed E-state index contributed by atoms with van der Waals surface area (Å²) >= 11 is 1.68. The molecule has 0 aliphatic carbocycles. The Balaban J connectivity index is 1.28. The van der Waals surface area contributed by atoms with Gasteiger partial charge in [0.05, 0.1) is 5.56 Å². The summed E-state index contributed by atoms with van der Waals surface area (Å²) in [5.74, 6) is 1.76. The van der Waals surface area contributed by atoms with Crippen LogP contribution < -0.4 is 0 Å². The monoisotopic (exact) mass is 432 g/mol. The Labute approximate surface area is 178 Å². The highest BCUT2D eigenvalue weighted by Gasteiger charge is 2.31. The van der Waals surface area contributed by atoms with Crippen LogP contribution in [0.3, 0.4) is 0 Å². The van der Waals surface area contributed by atoms with Crippen LogP contribution in [0.25, 0.3) is 11.4 Å². The van der Waals surface area contributed by atoms with E-state index >= 15 is 0 Å². The lowest BCUT2D eigenvalue weighted by molar-refractivity contribution is -0.137. The van der Waals surface area contributed by atoms with Crippen LogP contribution in [0.5, 0.6) is 0 Å². The SMILES string of the molecule is Cn1c(SCCCN2CCc3cc(C(F)(F)F)ccc3C2)nnc1-c1ccccc1. The Morgan fingerprint density at radius 1 is 1.03 bits per heavy atom. The van der Waals surface area contributed by atoms with Gasteiger partial charge in [-0.2, -0.15) is 13.2 Å². The molecule has 0 saturated heterocycles. The minimum atomic E-state index is -4.27. The highest BCUT2D eigenvalue weighted by Crippen LogP contribution is 2.32. The maximum Gasteiger partial charge on any atom is 0.416 e. The molecule has 1 aliphatic heterocycles. The summed E-state index contributed by atoms with van der Waals surface area (Å²) < 4.78 is 40.7. The van der Waals surface area contributed by atoms with E-state index in [4.69, 9.17) is 0 Å². The first-order chi connectivity index (χ1) is 14.4. The molecule has 8 heteroatoms. The van der Waals surface area contributed by atoms with E-state index < -0.39 is 11.7 Å². The number of fused-ring (bicyclic) bond motifs is 1. The van der Waals surface area contributed by atoms with Crippen LogP contribution in [0.2, 0.25) is 0 Å². The summed E-state index contributed by atoms with van der Waals surface area (Å²) in [6, 6.07) is 14.1. The smallest absolute Gasteiger partial charge is 0.305 e. The van der Waals surface area contributed by atoms with Crippen molar-refractivity contribution in [2.24, 2.45) is 7.05 Å². The van der Waals surface area contributed by atoms with Gasteiger partial charge in [0.15, 0.2) is 11.0 Å². The summed E-state index contributed by atoms with van der Waals surface area (Å²) in [4.78, 5) is 2.31. The standard InChI is InChI=1S/C22H23F3N4S/c1-28-20(16-6-3-2-4-7-16)26-27-21(28)30-13-5-11-29-12-10-17-14-19(22(23,24)25)9-8-18(17)15-29/h2-4,6-9,14H,5,10-13,15H2,1H3. The van der Waals surface area contributed by atoms with Gasteiger partial charge in [0.1, 0.15) is 0 Å². The topological polar surface area (TPSA) is 34.0 Å². The fraction of sp³-hybridized carbons (Fsp3) is 0.364. The molecule has 0 fully saturated rings. The van der Waals surface area contributed by atoms with Crippen LogP contribution in [0.15, 0.2) is 53.7 Å². The van der Waals surface area contributed by atoms with Gasteiger partial charge in [-0.15, -0.1) is 10.2 Å². The number of benzene rings is 2. The van der Waals surface area contributed by atoms with Gasteiger partial charge in [-0.25, -0.2) is 0 Å². The summed E-state index contributed by atoms with van der Waals surface area (Å²) in [5.41, 5.74) is 2.32. The molecule has 2 aromatic carbocycles. The van der Waals surface area contributed by atoms with Gasteiger partial charge in [-0.1, -0.05) is 48.2 Å². The fourth-order valence-corrected chi connectivity index (χ4v) is 4.54. The number of halogens is 3. The Hall–Kier alpha value is -2.32. The maximum atomic E-state index is 12.9. The molecule has 4 rings (SSSR count). The molecule has 4 nitrogen and oxygen atoms in total. The lowest BCUT2D eigenvalue weighted by Gasteiger charge is -2.29. The van der Waals surface area contributed by atoms with Crippen LogP contribution in [-0.2, 0) is 26.2 Å². The van der Waals surface area contributed by atoms with Gasteiger partial charge < -0.3 is 4.57 Å². The van der Waals surface area contributed by atoms with Crippen molar-refractivity contribution in [1.82, 2.24) is 19.7 Å². The van der Waals surface area contributed by atoms with Crippen molar-refractivity contribution < 1.29 is 13.2 Å². The molecule has 2 heterocycles. The first kappa shape index (κ1) is 20.9. The molecule has 0 bridgehead atoms. The summed E-state index contributed by atoms with van der Waals surface area (Å²) in [5, 5.41) is 9.50. The second-order valence-corrected chi connectivity index (χ2v) is 8.50. The quantitative estimate of drug-likeness (QED) is 0.404. The molecule has 1 aromatic heterocycles. The largest absolute Gasteiger partial charge is 0.416 e. The molecule has 0 saturated carbocycles. The Morgan fingerprint density at radius 3 is 2.60 bits per heavy atom. The summed E-state index contributed by atoms with van der Waals surface area (Å²) in [6.45, 7) is 2.41. The van der Waals surface area contributed by atoms with Gasteiger partial charge >= 0.3 is 6.18 Å². The first-order valence-corrected chi connectivity index (χ1v) is 10.9. The highest BCUT2D eigenvalue weighted by atomic mass is 32.2. The van der Waals surface area contributed by atoms with E-state index in [0.29, 0.717) is 13.0 Å². The lowest BCUT2D eigenvalue weighted by Crippen LogP contribution is -2.31. The molecule has 0 unspecified atom stereocenters. The van der Waals surface area contributed by atoms with Gasteiger partial charge in [-0.05, 0) is 42.6 Å². The third-order valence-corrected chi connectivity index (χ3v) is 6.45. The molecule has 30 heavy (non-hydrogen) atoms. The molecular weight excluding hydrogens is 409 g/mol. The average molecular weight is 433 g/mol. The van der Waals surface area contributed by atoms with Crippen LogP contribution in [-0.4, -0.2) is 38.5 Å². The Bertz CT molecular complexity index is 1000. The van der Waals surface area contributed by atoms with Gasteiger partial charge in [-0.3, -0.25) is 4.90 Å². The summed E-state index contributed by atoms with van der Waals surface area (Å²) in [7, 11) is 1.97. The second-order valence-electron chi connectivity index (χ2n) is 7.44. The molecule has 0 radical (unpaired) electrons. The number of aromatic nitrogens is 3. The van der Waals surface area contributed by atoms with Crippen LogP contribution in [0.1, 0.15) is 23.1 Å². The zero-order valence-electron chi connectivity index (χ0n) is 16.7. The molecule has 0 spiro atoms. The van der Waals surface area contributed by atoms with E-state index in [1.54, 1.807) is 17.8 Å². The predicted octanol–water partition coefficient (Wildman–Crippen LogP) is 5.04. The van der Waals surface area contributed by atoms with E-state index in [0.717, 1.165) is 52.9 Å². The number of rotatable bonds is 6. The van der Waals surface area contributed by atoms with E-state index in [9.17, 15) is 13.2 Å². The zero-order chi connectivity index (χ0) is 21.1. The molecule has 0 atom stereocenters. The lowest BCUT2D eigenvalue weighted by atomic mass is 9.97. The minimum Gasteiger partial charge on any atom is -0.305 e. The molecule has 158 valence electrons. The Morgan fingerprint density at radius 2 is 1.83 bits per heavy atom. The molecule has 0 N–H and O–H groups in total. The number of hydrogen-bond acceptors (Lipinski definition) is 4. The van der Waals surface area contributed by atoms with Crippen LogP contribution in [0.4, 0.5) is 13.2 Å². The first-order valence-electron chi connectivity index (χ1n) is 9.91. The molecule has 1 aliphatic rings. The van der Waals surface area contributed by atoms with Gasteiger partial charge in [0.2, 0.25) is 0 Å². The zero-order valence-corrected chi connectivity index (χ0v) is 17.5. The van der Waals surface area contributed by atoms with E-state index in [2.05, 4.69) is 15.1 Å². The third-order valence-electron chi connectivity index (χ3n) is 5.34. The van der Waals surface area contributed by atoms with Crippen molar-refractivity contribution in [1.29, 1.82) is 0 Å². The highest BCUT2D eigenvalue weighted by molar-refractivity contribution is 7.99. The molecule has 0 amide bonds. The van der Waals surface area contributed by atoms with Crippen molar-refractivity contribution in [3.8, 4) is 11.4 Å². The second kappa shape index (κ2) is 8.81. The summed E-state index contributed by atoms with van der Waals surface area (Å²) in [6.07, 6.45) is -2.63. The Kier molecular flexibility index (Phi) is 6.15. The number of thioether (sulfide) groups is 1. The predicted molar refractivity (Wildman–Crippen MR) is 112 cm³/mol. The van der Waals surface area contributed by atoms with E-state index in [-0.39, 0.29) is 0 Å². The van der Waals surface area contributed by atoms with Crippen LogP contribution in [0, 0.1) is 0 Å². The van der Waals surface area contributed by atoms with Crippen LogP contribution >= 0.6 is 11.8 Å². The number of nitrogens with zero attached hydrogens (tertiary/aromatic N) is 4. The van der Waals surface area contributed by atoms with Gasteiger partial charge in [0, 0.05) is 31.5 Å². The van der Waals surface area contributed by atoms with Crippen molar-refractivity contribution in [2.75, 3.05) is 18.8 Å². The van der Waals surface area contributed by atoms with Gasteiger partial charge in [0.25, 0.3) is 0 Å². The van der Waals surface area contributed by atoms with Crippen molar-refractivity contribution in [3.63, 3.8) is 0 Å². The molecular formula is C22H23F3N4S. The van der Waals surface area contributed by atoms with Crippen molar-refractivity contribution >= 4 is 11.8 Å². The fourth-order valence-electron chi connectivity index (χ4n) is 3.71. The number of hydrogen-bond donors (Lipinski definition) is 0. The van der Waals surface area contributed by atoms with E-state index in [1.807, 2.05) is 41.9 Å². The normalized spacial score (nSPS) is 14.7.